The van der Waals surface area contributed by atoms with Gasteiger partial charge in [0.1, 0.15) is 0 Å². The second-order valence-electron chi connectivity index (χ2n) is 4.31. The highest BCUT2D eigenvalue weighted by molar-refractivity contribution is 5.89. The number of pyridine rings is 1. The summed E-state index contributed by atoms with van der Waals surface area (Å²) in [4.78, 5) is 27.2. The van der Waals surface area contributed by atoms with Crippen molar-refractivity contribution in [1.29, 1.82) is 0 Å². The number of amides is 1. The predicted molar refractivity (Wildman–Crippen MR) is 67.1 cm³/mol. The number of methoxy groups -OCH3 is 1. The first-order valence-electron chi connectivity index (χ1n) is 5.81. The largest absolute Gasteiger partial charge is 0.453 e. The molecule has 0 saturated carbocycles. The van der Waals surface area contributed by atoms with Crippen LogP contribution in [-0.4, -0.2) is 30.0 Å². The number of hydrogen-bond acceptors (Lipinski definition) is 4. The molecular weight excluding hydrogens is 232 g/mol. The standard InChI is InChI=1S/C13H18N2O3/c1-9(2)12(16)11(15-13(17)18-3)7-10-5-4-6-14-8-10/h4-6,8-9,11H,7H2,1-3H3,(H,15,17). The highest BCUT2D eigenvalue weighted by Crippen LogP contribution is 2.07. The van der Waals surface area contributed by atoms with E-state index >= 15 is 0 Å². The van der Waals surface area contributed by atoms with Crippen LogP contribution in [0.15, 0.2) is 24.5 Å². The molecule has 1 amide bonds. The summed E-state index contributed by atoms with van der Waals surface area (Å²) < 4.78 is 4.53. The zero-order valence-electron chi connectivity index (χ0n) is 10.8. The first kappa shape index (κ1) is 14.2. The average Bonchev–Trinajstić information content (AvgIpc) is 2.38. The van der Waals surface area contributed by atoms with Crippen molar-refractivity contribution in [3.05, 3.63) is 30.1 Å². The van der Waals surface area contributed by atoms with Crippen molar-refractivity contribution in [2.45, 2.75) is 26.3 Å². The zero-order chi connectivity index (χ0) is 13.5. The average molecular weight is 250 g/mol. The summed E-state index contributed by atoms with van der Waals surface area (Å²) in [6.07, 6.45) is 3.16. The van der Waals surface area contributed by atoms with Crippen LogP contribution in [0.2, 0.25) is 0 Å². The number of ketones is 1. The fourth-order valence-corrected chi connectivity index (χ4v) is 1.58. The van der Waals surface area contributed by atoms with E-state index in [1.165, 1.54) is 7.11 Å². The molecule has 0 aliphatic carbocycles. The second kappa shape index (κ2) is 6.74. The van der Waals surface area contributed by atoms with E-state index in [4.69, 9.17) is 0 Å². The molecule has 5 nitrogen and oxygen atoms in total. The van der Waals surface area contributed by atoms with Gasteiger partial charge in [-0.25, -0.2) is 4.79 Å². The molecule has 1 unspecified atom stereocenters. The van der Waals surface area contributed by atoms with Crippen molar-refractivity contribution in [2.75, 3.05) is 7.11 Å². The van der Waals surface area contributed by atoms with Gasteiger partial charge < -0.3 is 10.1 Å². The lowest BCUT2D eigenvalue weighted by Gasteiger charge is -2.18. The number of rotatable bonds is 5. The Morgan fingerprint density at radius 1 is 1.44 bits per heavy atom. The maximum absolute atomic E-state index is 12.0. The van der Waals surface area contributed by atoms with Gasteiger partial charge in [-0.1, -0.05) is 19.9 Å². The summed E-state index contributed by atoms with van der Waals surface area (Å²) >= 11 is 0. The summed E-state index contributed by atoms with van der Waals surface area (Å²) in [5, 5.41) is 2.56. The van der Waals surface area contributed by atoms with Gasteiger partial charge in [0.2, 0.25) is 0 Å². The fourth-order valence-electron chi connectivity index (χ4n) is 1.58. The van der Waals surface area contributed by atoms with Crippen LogP contribution in [0.1, 0.15) is 19.4 Å². The Balaban J connectivity index is 2.77. The van der Waals surface area contributed by atoms with Gasteiger partial charge in [-0.05, 0) is 11.6 Å². The second-order valence-corrected chi connectivity index (χ2v) is 4.31. The lowest BCUT2D eigenvalue weighted by Crippen LogP contribution is -2.44. The lowest BCUT2D eigenvalue weighted by atomic mass is 9.96. The van der Waals surface area contributed by atoms with Gasteiger partial charge in [0, 0.05) is 24.7 Å². The number of carbonyl (C=O) groups excluding carboxylic acids is 2. The maximum Gasteiger partial charge on any atom is 0.407 e. The van der Waals surface area contributed by atoms with Gasteiger partial charge in [0.25, 0.3) is 0 Å². The topological polar surface area (TPSA) is 68.3 Å². The van der Waals surface area contributed by atoms with Crippen LogP contribution >= 0.6 is 0 Å². The molecule has 1 rings (SSSR count). The number of aromatic nitrogens is 1. The molecule has 0 spiro atoms. The summed E-state index contributed by atoms with van der Waals surface area (Å²) in [7, 11) is 1.27. The van der Waals surface area contributed by atoms with Gasteiger partial charge in [0.15, 0.2) is 5.78 Å². The van der Waals surface area contributed by atoms with Crippen molar-refractivity contribution in [3.8, 4) is 0 Å². The van der Waals surface area contributed by atoms with E-state index in [1.807, 2.05) is 6.07 Å². The molecule has 5 heteroatoms. The van der Waals surface area contributed by atoms with Crippen molar-refractivity contribution in [2.24, 2.45) is 5.92 Å². The minimum Gasteiger partial charge on any atom is -0.453 e. The Bertz CT molecular complexity index is 404. The number of hydrogen-bond donors (Lipinski definition) is 1. The first-order chi connectivity index (χ1) is 8.54. The van der Waals surface area contributed by atoms with E-state index in [9.17, 15) is 9.59 Å². The Morgan fingerprint density at radius 2 is 2.17 bits per heavy atom. The van der Waals surface area contributed by atoms with E-state index < -0.39 is 12.1 Å². The number of Topliss-reactive ketones (excluding diaryl/α,β-unsaturated/α-hetero) is 1. The van der Waals surface area contributed by atoms with Gasteiger partial charge in [0.05, 0.1) is 13.2 Å². The monoisotopic (exact) mass is 250 g/mol. The number of ether oxygens (including phenoxy) is 1. The molecule has 1 heterocycles. The van der Waals surface area contributed by atoms with Crippen LogP contribution in [0.25, 0.3) is 0 Å². The number of nitrogens with zero attached hydrogens (tertiary/aromatic N) is 1. The molecule has 0 bridgehead atoms. The minimum absolute atomic E-state index is 0.0238. The molecule has 1 N–H and O–H groups in total. The van der Waals surface area contributed by atoms with Gasteiger partial charge in [-0.15, -0.1) is 0 Å². The molecule has 0 aromatic carbocycles. The van der Waals surface area contributed by atoms with Crippen molar-refractivity contribution < 1.29 is 14.3 Å². The van der Waals surface area contributed by atoms with E-state index in [-0.39, 0.29) is 11.7 Å². The summed E-state index contributed by atoms with van der Waals surface area (Å²) in [5.74, 6) is -0.173. The maximum atomic E-state index is 12.0. The van der Waals surface area contributed by atoms with Crippen LogP contribution < -0.4 is 5.32 Å². The molecule has 0 radical (unpaired) electrons. The molecular formula is C13H18N2O3. The third kappa shape index (κ3) is 4.16. The van der Waals surface area contributed by atoms with Gasteiger partial charge >= 0.3 is 6.09 Å². The molecule has 0 saturated heterocycles. The van der Waals surface area contributed by atoms with Crippen molar-refractivity contribution >= 4 is 11.9 Å². The van der Waals surface area contributed by atoms with Crippen molar-refractivity contribution in [3.63, 3.8) is 0 Å². The minimum atomic E-state index is -0.599. The summed E-state index contributed by atoms with van der Waals surface area (Å²) in [6, 6.07) is 3.08. The van der Waals surface area contributed by atoms with E-state index in [0.29, 0.717) is 6.42 Å². The quantitative estimate of drug-likeness (QED) is 0.861. The zero-order valence-corrected chi connectivity index (χ0v) is 10.8. The summed E-state index contributed by atoms with van der Waals surface area (Å²) in [6.45, 7) is 3.61. The number of carbonyl (C=O) groups is 2. The normalized spacial score (nSPS) is 12.0. The smallest absolute Gasteiger partial charge is 0.407 e. The number of nitrogens with one attached hydrogen (secondary N) is 1. The van der Waals surface area contributed by atoms with E-state index in [0.717, 1.165) is 5.56 Å². The highest BCUT2D eigenvalue weighted by atomic mass is 16.5. The predicted octanol–water partition coefficient (Wildman–Crippen LogP) is 1.57. The van der Waals surface area contributed by atoms with Crippen LogP contribution in [0, 0.1) is 5.92 Å². The van der Waals surface area contributed by atoms with E-state index in [1.54, 1.807) is 32.3 Å². The number of alkyl carbamates (subject to hydrolysis) is 1. The Hall–Kier alpha value is -1.91. The Morgan fingerprint density at radius 3 is 2.67 bits per heavy atom. The summed E-state index contributed by atoms with van der Waals surface area (Å²) in [5.41, 5.74) is 0.896. The van der Waals surface area contributed by atoms with Crippen LogP contribution in [-0.2, 0) is 16.0 Å². The molecule has 0 aliphatic heterocycles. The molecule has 0 fully saturated rings. The first-order valence-corrected chi connectivity index (χ1v) is 5.81. The molecule has 18 heavy (non-hydrogen) atoms. The fraction of sp³-hybridized carbons (Fsp3) is 0.462. The lowest BCUT2D eigenvalue weighted by molar-refractivity contribution is -0.123. The SMILES string of the molecule is COC(=O)NC(Cc1cccnc1)C(=O)C(C)C. The third-order valence-electron chi connectivity index (χ3n) is 2.55. The molecule has 0 aliphatic rings. The Kier molecular flexibility index (Phi) is 5.30. The molecule has 1 aromatic heterocycles. The molecule has 1 aromatic rings. The molecule has 1 atom stereocenters. The van der Waals surface area contributed by atoms with E-state index in [2.05, 4.69) is 15.0 Å². The highest BCUT2D eigenvalue weighted by Gasteiger charge is 2.23. The molecule has 98 valence electrons. The third-order valence-corrected chi connectivity index (χ3v) is 2.55. The van der Waals surface area contributed by atoms with Crippen LogP contribution in [0.3, 0.4) is 0 Å². The Labute approximate surface area is 107 Å². The van der Waals surface area contributed by atoms with Crippen molar-refractivity contribution in [1.82, 2.24) is 10.3 Å². The van der Waals surface area contributed by atoms with Gasteiger partial charge in [-0.3, -0.25) is 9.78 Å². The van der Waals surface area contributed by atoms with Crippen LogP contribution in [0.5, 0.6) is 0 Å². The van der Waals surface area contributed by atoms with Crippen LogP contribution in [0.4, 0.5) is 4.79 Å². The van der Waals surface area contributed by atoms with Gasteiger partial charge in [-0.2, -0.15) is 0 Å².